The Morgan fingerprint density at radius 3 is 2.67 bits per heavy atom. The van der Waals surface area contributed by atoms with Gasteiger partial charge < -0.3 is 5.32 Å². The number of aryl methyl sites for hydroxylation is 1. The van der Waals surface area contributed by atoms with Crippen LogP contribution in [0.5, 0.6) is 0 Å². The molecule has 0 amide bonds. The van der Waals surface area contributed by atoms with Gasteiger partial charge in [0.2, 0.25) is 0 Å². The number of hydrogen-bond acceptors (Lipinski definition) is 2. The topological polar surface area (TPSA) is 35.8 Å². The Balaban J connectivity index is 1.82. The highest BCUT2D eigenvalue weighted by atomic mass is 19.1. The molecule has 0 bridgehead atoms. The van der Waals surface area contributed by atoms with Crippen molar-refractivity contribution in [2.45, 2.75) is 45.2 Å². The molecular formula is C15H19FN2. The third kappa shape index (κ3) is 3.30. The van der Waals surface area contributed by atoms with Crippen molar-refractivity contribution in [3.63, 3.8) is 0 Å². The lowest BCUT2D eigenvalue weighted by Crippen LogP contribution is -2.32. The Hall–Kier alpha value is -1.40. The van der Waals surface area contributed by atoms with E-state index in [4.69, 9.17) is 5.26 Å². The quantitative estimate of drug-likeness (QED) is 0.888. The summed E-state index contributed by atoms with van der Waals surface area (Å²) in [5, 5.41) is 12.3. The van der Waals surface area contributed by atoms with Gasteiger partial charge in [-0.1, -0.05) is 12.1 Å². The van der Waals surface area contributed by atoms with Crippen molar-refractivity contribution in [3.8, 4) is 6.07 Å². The number of nitriles is 1. The summed E-state index contributed by atoms with van der Waals surface area (Å²) in [6, 6.07) is 8.09. The summed E-state index contributed by atoms with van der Waals surface area (Å²) in [6.07, 6.45) is 4.13. The van der Waals surface area contributed by atoms with E-state index in [-0.39, 0.29) is 11.7 Å². The number of rotatable bonds is 3. The molecule has 0 aliphatic heterocycles. The monoisotopic (exact) mass is 246 g/mol. The van der Waals surface area contributed by atoms with Gasteiger partial charge in [-0.2, -0.15) is 5.26 Å². The molecule has 0 atom stereocenters. The lowest BCUT2D eigenvalue weighted by atomic mass is 9.87. The van der Waals surface area contributed by atoms with Crippen molar-refractivity contribution in [2.75, 3.05) is 0 Å². The Morgan fingerprint density at radius 2 is 2.06 bits per heavy atom. The fraction of sp³-hybridized carbons (Fsp3) is 0.533. The second-order valence-corrected chi connectivity index (χ2v) is 5.14. The molecule has 1 fully saturated rings. The first kappa shape index (κ1) is 13.0. The van der Waals surface area contributed by atoms with Crippen molar-refractivity contribution in [1.82, 2.24) is 5.32 Å². The molecule has 1 saturated carbocycles. The summed E-state index contributed by atoms with van der Waals surface area (Å²) >= 11 is 0. The minimum atomic E-state index is -0.145. The lowest BCUT2D eigenvalue weighted by Gasteiger charge is -2.25. The number of nitrogens with one attached hydrogen (secondary N) is 1. The van der Waals surface area contributed by atoms with Gasteiger partial charge in [0.1, 0.15) is 5.82 Å². The van der Waals surface area contributed by atoms with E-state index < -0.39 is 0 Å². The molecule has 1 aromatic carbocycles. The molecule has 0 spiro atoms. The molecule has 1 aliphatic carbocycles. The predicted octanol–water partition coefficient (Wildman–Crippen LogP) is 3.31. The predicted molar refractivity (Wildman–Crippen MR) is 69.3 cm³/mol. The van der Waals surface area contributed by atoms with Gasteiger partial charge in [0.25, 0.3) is 0 Å². The Kier molecular flexibility index (Phi) is 4.33. The van der Waals surface area contributed by atoms with E-state index in [0.29, 0.717) is 11.6 Å². The molecule has 2 nitrogen and oxygen atoms in total. The molecule has 1 aromatic rings. The third-order valence-electron chi connectivity index (χ3n) is 3.73. The van der Waals surface area contributed by atoms with Crippen LogP contribution in [0.3, 0.4) is 0 Å². The number of nitrogens with zero attached hydrogens (tertiary/aromatic N) is 1. The van der Waals surface area contributed by atoms with Crippen LogP contribution in [0.15, 0.2) is 18.2 Å². The van der Waals surface area contributed by atoms with Crippen LogP contribution >= 0.6 is 0 Å². The SMILES string of the molecule is Cc1cc(CNC2CCC(C#N)CC2)ccc1F. The molecule has 0 unspecified atom stereocenters. The second kappa shape index (κ2) is 5.97. The summed E-state index contributed by atoms with van der Waals surface area (Å²) in [4.78, 5) is 0. The zero-order valence-corrected chi connectivity index (χ0v) is 10.7. The lowest BCUT2D eigenvalue weighted by molar-refractivity contribution is 0.331. The van der Waals surface area contributed by atoms with Crippen molar-refractivity contribution in [2.24, 2.45) is 5.92 Å². The normalized spacial score (nSPS) is 23.6. The molecule has 1 N–H and O–H groups in total. The van der Waals surface area contributed by atoms with Crippen LogP contribution in [-0.2, 0) is 6.54 Å². The number of halogens is 1. The molecule has 96 valence electrons. The van der Waals surface area contributed by atoms with E-state index in [0.717, 1.165) is 37.8 Å². The van der Waals surface area contributed by atoms with Gasteiger partial charge in [-0.05, 0) is 49.8 Å². The first-order valence-corrected chi connectivity index (χ1v) is 6.57. The minimum absolute atomic E-state index is 0.145. The van der Waals surface area contributed by atoms with Crippen molar-refractivity contribution in [3.05, 3.63) is 35.1 Å². The zero-order chi connectivity index (χ0) is 13.0. The fourth-order valence-electron chi connectivity index (χ4n) is 2.51. The molecule has 0 saturated heterocycles. The third-order valence-corrected chi connectivity index (χ3v) is 3.73. The van der Waals surface area contributed by atoms with Gasteiger partial charge in [0, 0.05) is 18.5 Å². The van der Waals surface area contributed by atoms with Gasteiger partial charge in [-0.3, -0.25) is 0 Å². The van der Waals surface area contributed by atoms with Crippen LogP contribution in [-0.4, -0.2) is 6.04 Å². The summed E-state index contributed by atoms with van der Waals surface area (Å²) in [5.41, 5.74) is 1.82. The smallest absolute Gasteiger partial charge is 0.126 e. The van der Waals surface area contributed by atoms with Crippen molar-refractivity contribution >= 4 is 0 Å². The van der Waals surface area contributed by atoms with E-state index >= 15 is 0 Å². The van der Waals surface area contributed by atoms with Gasteiger partial charge in [0.15, 0.2) is 0 Å². The van der Waals surface area contributed by atoms with E-state index in [1.807, 2.05) is 12.1 Å². The molecule has 1 aliphatic rings. The Morgan fingerprint density at radius 1 is 1.33 bits per heavy atom. The van der Waals surface area contributed by atoms with E-state index in [9.17, 15) is 4.39 Å². The van der Waals surface area contributed by atoms with Crippen LogP contribution < -0.4 is 5.32 Å². The van der Waals surface area contributed by atoms with Gasteiger partial charge >= 0.3 is 0 Å². The highest BCUT2D eigenvalue weighted by Crippen LogP contribution is 2.23. The molecule has 18 heavy (non-hydrogen) atoms. The maximum Gasteiger partial charge on any atom is 0.126 e. The summed E-state index contributed by atoms with van der Waals surface area (Å²) in [6.45, 7) is 2.57. The average Bonchev–Trinajstić information content (AvgIpc) is 2.41. The molecule has 2 rings (SSSR count). The van der Waals surface area contributed by atoms with E-state index in [1.54, 1.807) is 6.92 Å². The first-order valence-electron chi connectivity index (χ1n) is 6.57. The van der Waals surface area contributed by atoms with Crippen LogP contribution in [0.4, 0.5) is 4.39 Å². The maximum absolute atomic E-state index is 13.1. The van der Waals surface area contributed by atoms with Crippen molar-refractivity contribution in [1.29, 1.82) is 5.26 Å². The van der Waals surface area contributed by atoms with Crippen LogP contribution in [0.25, 0.3) is 0 Å². The van der Waals surface area contributed by atoms with Gasteiger partial charge in [0.05, 0.1) is 6.07 Å². The highest BCUT2D eigenvalue weighted by Gasteiger charge is 2.20. The average molecular weight is 246 g/mol. The van der Waals surface area contributed by atoms with Gasteiger partial charge in [-0.25, -0.2) is 4.39 Å². The van der Waals surface area contributed by atoms with E-state index in [2.05, 4.69) is 11.4 Å². The first-order chi connectivity index (χ1) is 8.69. The van der Waals surface area contributed by atoms with Crippen LogP contribution in [0.1, 0.15) is 36.8 Å². The summed E-state index contributed by atoms with van der Waals surface area (Å²) < 4.78 is 13.1. The zero-order valence-electron chi connectivity index (χ0n) is 10.7. The minimum Gasteiger partial charge on any atom is -0.310 e. The number of benzene rings is 1. The standard InChI is InChI=1S/C15H19FN2/c1-11-8-13(4-7-15(11)16)10-18-14-5-2-12(9-17)3-6-14/h4,7-8,12,14,18H,2-3,5-6,10H2,1H3. The fourth-order valence-corrected chi connectivity index (χ4v) is 2.51. The largest absolute Gasteiger partial charge is 0.310 e. The maximum atomic E-state index is 13.1. The second-order valence-electron chi connectivity index (χ2n) is 5.14. The van der Waals surface area contributed by atoms with E-state index in [1.165, 1.54) is 6.07 Å². The molecule has 0 radical (unpaired) electrons. The summed E-state index contributed by atoms with van der Waals surface area (Å²) in [7, 11) is 0. The molecule has 0 heterocycles. The van der Waals surface area contributed by atoms with Gasteiger partial charge in [-0.15, -0.1) is 0 Å². The van der Waals surface area contributed by atoms with Crippen LogP contribution in [0, 0.1) is 30.0 Å². The Bertz CT molecular complexity index is 442. The molecule has 0 aromatic heterocycles. The Labute approximate surface area is 108 Å². The summed E-state index contributed by atoms with van der Waals surface area (Å²) in [5.74, 6) is 0.101. The number of hydrogen-bond donors (Lipinski definition) is 1. The molecular weight excluding hydrogens is 227 g/mol. The van der Waals surface area contributed by atoms with Crippen molar-refractivity contribution < 1.29 is 4.39 Å². The molecule has 3 heteroatoms. The van der Waals surface area contributed by atoms with Crippen LogP contribution in [0.2, 0.25) is 0 Å². The highest BCUT2D eigenvalue weighted by molar-refractivity contribution is 5.23.